The van der Waals surface area contributed by atoms with Gasteiger partial charge in [-0.1, -0.05) is 17.7 Å². The summed E-state index contributed by atoms with van der Waals surface area (Å²) < 4.78 is 2.25. The standard InChI is InChI=1S/C14H15ClN2.C4H4O4/c1-9(16)8-17-5-4-10-6-11-7-12(15)2-3-13(11)14(10)17;5-3(6)1-2-4(7)8/h2-5,7,9H,6,8,16H2,1H3;1-2H,(H,5,6)(H,7,8). The van der Waals surface area contributed by atoms with Crippen LogP contribution in [-0.4, -0.2) is 32.8 Å². The zero-order valence-corrected chi connectivity index (χ0v) is 14.4. The highest BCUT2D eigenvalue weighted by molar-refractivity contribution is 6.30. The predicted octanol–water partition coefficient (Wildman–Crippen LogP) is 2.77. The molecule has 3 rings (SSSR count). The molecule has 0 aliphatic heterocycles. The van der Waals surface area contributed by atoms with E-state index in [1.54, 1.807) is 0 Å². The van der Waals surface area contributed by atoms with Crippen molar-refractivity contribution in [2.75, 3.05) is 0 Å². The van der Waals surface area contributed by atoms with Crippen LogP contribution in [0.3, 0.4) is 0 Å². The SMILES string of the molecule is CC(N)Cn1ccc2c1-c1ccc(Cl)cc1C2.O=C(O)C=CC(=O)O. The largest absolute Gasteiger partial charge is 0.478 e. The van der Waals surface area contributed by atoms with Crippen LogP contribution in [-0.2, 0) is 22.6 Å². The van der Waals surface area contributed by atoms with Gasteiger partial charge in [-0.05, 0) is 36.2 Å². The van der Waals surface area contributed by atoms with E-state index in [4.69, 9.17) is 27.5 Å². The Morgan fingerprint density at radius 1 is 1.24 bits per heavy atom. The van der Waals surface area contributed by atoms with Gasteiger partial charge in [0.05, 0.1) is 5.69 Å². The third-order valence-corrected chi connectivity index (χ3v) is 3.84. The Morgan fingerprint density at radius 3 is 2.44 bits per heavy atom. The van der Waals surface area contributed by atoms with Crippen molar-refractivity contribution in [3.8, 4) is 11.3 Å². The topological polar surface area (TPSA) is 106 Å². The number of nitrogens with zero attached hydrogens (tertiary/aromatic N) is 1. The van der Waals surface area contributed by atoms with Gasteiger partial charge in [-0.15, -0.1) is 0 Å². The minimum absolute atomic E-state index is 0.169. The number of nitrogens with two attached hydrogens (primary N) is 1. The molecule has 4 N–H and O–H groups in total. The van der Waals surface area contributed by atoms with Gasteiger partial charge in [-0.3, -0.25) is 0 Å². The molecule has 1 aliphatic rings. The van der Waals surface area contributed by atoms with Crippen molar-refractivity contribution in [1.82, 2.24) is 4.57 Å². The zero-order valence-electron chi connectivity index (χ0n) is 13.6. The van der Waals surface area contributed by atoms with E-state index in [0.717, 1.165) is 18.0 Å². The summed E-state index contributed by atoms with van der Waals surface area (Å²) in [7, 11) is 0. The van der Waals surface area contributed by atoms with Gasteiger partial charge in [0.1, 0.15) is 0 Å². The number of hydrogen-bond donors (Lipinski definition) is 3. The van der Waals surface area contributed by atoms with Crippen LogP contribution in [0.25, 0.3) is 11.3 Å². The van der Waals surface area contributed by atoms with Crippen LogP contribution in [0.5, 0.6) is 0 Å². The third-order valence-electron chi connectivity index (χ3n) is 3.60. The molecule has 1 unspecified atom stereocenters. The molecule has 6 nitrogen and oxygen atoms in total. The normalized spacial score (nSPS) is 12.9. The summed E-state index contributed by atoms with van der Waals surface area (Å²) in [5.41, 5.74) is 11.2. The number of carboxylic acids is 2. The minimum atomic E-state index is -1.26. The Labute approximate surface area is 150 Å². The fourth-order valence-corrected chi connectivity index (χ4v) is 2.93. The lowest BCUT2D eigenvalue weighted by Gasteiger charge is -2.11. The van der Waals surface area contributed by atoms with Crippen LogP contribution in [0, 0.1) is 0 Å². The van der Waals surface area contributed by atoms with E-state index in [1.807, 2.05) is 13.0 Å². The van der Waals surface area contributed by atoms with Crippen molar-refractivity contribution in [3.05, 3.63) is 58.8 Å². The summed E-state index contributed by atoms with van der Waals surface area (Å²) in [6.45, 7) is 2.89. The molecular formula is C18H19ClN2O4. The van der Waals surface area contributed by atoms with Crippen molar-refractivity contribution in [1.29, 1.82) is 0 Å². The molecule has 2 aromatic rings. The molecular weight excluding hydrogens is 344 g/mol. The zero-order chi connectivity index (χ0) is 18.6. The van der Waals surface area contributed by atoms with Gasteiger partial charge in [0.25, 0.3) is 0 Å². The number of fused-ring (bicyclic) bond motifs is 3. The first kappa shape index (κ1) is 18.8. The smallest absolute Gasteiger partial charge is 0.328 e. The molecule has 7 heteroatoms. The van der Waals surface area contributed by atoms with Crippen molar-refractivity contribution in [3.63, 3.8) is 0 Å². The number of halogens is 1. The van der Waals surface area contributed by atoms with Gasteiger partial charge < -0.3 is 20.5 Å². The van der Waals surface area contributed by atoms with Gasteiger partial charge in [-0.25, -0.2) is 9.59 Å². The van der Waals surface area contributed by atoms with Crippen molar-refractivity contribution in [2.24, 2.45) is 5.73 Å². The van der Waals surface area contributed by atoms with Crippen molar-refractivity contribution >= 4 is 23.5 Å². The fourth-order valence-electron chi connectivity index (χ4n) is 2.74. The molecule has 0 radical (unpaired) electrons. The number of hydrogen-bond acceptors (Lipinski definition) is 3. The van der Waals surface area contributed by atoms with E-state index in [9.17, 15) is 9.59 Å². The Hall–Kier alpha value is -2.57. The Balaban J connectivity index is 0.000000242. The van der Waals surface area contributed by atoms with E-state index < -0.39 is 11.9 Å². The van der Waals surface area contributed by atoms with Crippen LogP contribution >= 0.6 is 11.6 Å². The molecule has 1 aromatic carbocycles. The second kappa shape index (κ2) is 8.00. The number of carboxylic acid groups (broad SMARTS) is 2. The second-order valence-electron chi connectivity index (χ2n) is 5.81. The highest BCUT2D eigenvalue weighted by Crippen LogP contribution is 2.38. The Kier molecular flexibility index (Phi) is 6.01. The van der Waals surface area contributed by atoms with E-state index in [0.29, 0.717) is 12.2 Å². The van der Waals surface area contributed by atoms with Gasteiger partial charge >= 0.3 is 11.9 Å². The molecule has 132 valence electrons. The molecule has 0 spiro atoms. The number of rotatable bonds is 4. The maximum absolute atomic E-state index is 9.55. The summed E-state index contributed by atoms with van der Waals surface area (Å²) in [6, 6.07) is 8.49. The van der Waals surface area contributed by atoms with Crippen LogP contribution < -0.4 is 5.73 Å². The molecule has 1 aromatic heterocycles. The fraction of sp³-hybridized carbons (Fsp3) is 0.222. The Bertz CT molecular complexity index is 808. The second-order valence-corrected chi connectivity index (χ2v) is 6.24. The molecule has 0 saturated heterocycles. The maximum Gasteiger partial charge on any atom is 0.328 e. The van der Waals surface area contributed by atoms with Crippen LogP contribution in [0.2, 0.25) is 5.02 Å². The third kappa shape index (κ3) is 4.95. The molecule has 1 heterocycles. The monoisotopic (exact) mass is 362 g/mol. The van der Waals surface area contributed by atoms with Gasteiger partial charge in [0, 0.05) is 47.9 Å². The molecule has 0 amide bonds. The lowest BCUT2D eigenvalue weighted by atomic mass is 10.1. The average Bonchev–Trinajstić information content (AvgIpc) is 3.04. The quantitative estimate of drug-likeness (QED) is 0.619. The van der Waals surface area contributed by atoms with Gasteiger partial charge in [0.15, 0.2) is 0 Å². The molecule has 0 bridgehead atoms. The summed E-state index contributed by atoms with van der Waals surface area (Å²) in [6.07, 6.45) is 4.23. The average molecular weight is 363 g/mol. The molecule has 1 aliphatic carbocycles. The molecule has 0 fully saturated rings. The van der Waals surface area contributed by atoms with E-state index in [2.05, 4.69) is 29.0 Å². The first-order chi connectivity index (χ1) is 11.8. The first-order valence-electron chi connectivity index (χ1n) is 7.64. The van der Waals surface area contributed by atoms with Crippen molar-refractivity contribution < 1.29 is 19.8 Å². The summed E-state index contributed by atoms with van der Waals surface area (Å²) in [5.74, 6) is -2.51. The van der Waals surface area contributed by atoms with Crippen LogP contribution in [0.4, 0.5) is 0 Å². The first-order valence-corrected chi connectivity index (χ1v) is 8.02. The van der Waals surface area contributed by atoms with Crippen molar-refractivity contribution in [2.45, 2.75) is 25.9 Å². The Morgan fingerprint density at radius 2 is 1.88 bits per heavy atom. The van der Waals surface area contributed by atoms with E-state index in [1.165, 1.54) is 22.4 Å². The van der Waals surface area contributed by atoms with E-state index >= 15 is 0 Å². The summed E-state index contributed by atoms with van der Waals surface area (Å²) >= 11 is 6.03. The summed E-state index contributed by atoms with van der Waals surface area (Å²) in [5, 5.41) is 16.4. The lowest BCUT2D eigenvalue weighted by Crippen LogP contribution is -2.22. The lowest BCUT2D eigenvalue weighted by molar-refractivity contribution is -0.134. The number of aromatic nitrogens is 1. The highest BCUT2D eigenvalue weighted by atomic mass is 35.5. The number of aliphatic carboxylic acids is 2. The van der Waals surface area contributed by atoms with Gasteiger partial charge in [0.2, 0.25) is 0 Å². The van der Waals surface area contributed by atoms with Gasteiger partial charge in [-0.2, -0.15) is 0 Å². The molecule has 0 saturated carbocycles. The number of carbonyl (C=O) groups is 2. The van der Waals surface area contributed by atoms with Crippen LogP contribution in [0.15, 0.2) is 42.6 Å². The van der Waals surface area contributed by atoms with Crippen LogP contribution in [0.1, 0.15) is 18.1 Å². The summed E-state index contributed by atoms with van der Waals surface area (Å²) in [4.78, 5) is 19.1. The molecule has 1 atom stereocenters. The number of benzene rings is 1. The molecule has 25 heavy (non-hydrogen) atoms. The predicted molar refractivity (Wildman–Crippen MR) is 95.7 cm³/mol. The minimum Gasteiger partial charge on any atom is -0.478 e. The van der Waals surface area contributed by atoms with E-state index in [-0.39, 0.29) is 6.04 Å². The maximum atomic E-state index is 9.55. The highest BCUT2D eigenvalue weighted by Gasteiger charge is 2.22.